The van der Waals surface area contributed by atoms with Gasteiger partial charge in [-0.15, -0.1) is 0 Å². The van der Waals surface area contributed by atoms with Crippen molar-refractivity contribution in [3.8, 4) is 56.2 Å². The zero-order valence-electron chi connectivity index (χ0n) is 26.8. The number of aryl methyl sites for hydroxylation is 1. The predicted molar refractivity (Wildman–Crippen MR) is 195 cm³/mol. The second-order valence-electron chi connectivity index (χ2n) is 12.6. The van der Waals surface area contributed by atoms with Gasteiger partial charge in [0.25, 0.3) is 0 Å². The molecule has 4 aromatic carbocycles. The van der Waals surface area contributed by atoms with Crippen LogP contribution in [0.3, 0.4) is 0 Å². The average Bonchev–Trinajstić information content (AvgIpc) is 3.41. The molecule has 8 rings (SSSR count). The Labute approximate surface area is 275 Å². The molecule has 3 heteroatoms. The number of aromatic nitrogens is 2. The second-order valence-corrected chi connectivity index (χ2v) is 12.6. The van der Waals surface area contributed by atoms with Crippen LogP contribution in [0.2, 0.25) is 0 Å². The third-order valence-corrected chi connectivity index (χ3v) is 9.43. The second kappa shape index (κ2) is 11.2. The van der Waals surface area contributed by atoms with Gasteiger partial charge in [0.2, 0.25) is 0 Å². The van der Waals surface area contributed by atoms with Gasteiger partial charge < -0.3 is 4.42 Å². The molecule has 3 nitrogen and oxygen atoms in total. The minimum atomic E-state index is -0.262. The highest BCUT2D eigenvalue weighted by atomic mass is 16.3. The summed E-state index contributed by atoms with van der Waals surface area (Å²) in [6.07, 6.45) is 5.89. The molecule has 0 unspecified atom stereocenters. The quantitative estimate of drug-likeness (QED) is 0.183. The molecule has 0 spiro atoms. The first-order valence-electron chi connectivity index (χ1n) is 16.0. The van der Waals surface area contributed by atoms with Crippen molar-refractivity contribution in [2.75, 3.05) is 0 Å². The summed E-state index contributed by atoms with van der Waals surface area (Å²) in [5.41, 5.74) is 13.9. The van der Waals surface area contributed by atoms with Crippen LogP contribution in [0.15, 0.2) is 144 Å². The maximum absolute atomic E-state index is 6.75. The number of fused-ring (bicyclic) bond motifs is 7. The van der Waals surface area contributed by atoms with Crippen molar-refractivity contribution in [3.63, 3.8) is 0 Å². The van der Waals surface area contributed by atoms with Gasteiger partial charge >= 0.3 is 0 Å². The van der Waals surface area contributed by atoms with E-state index in [0.29, 0.717) is 0 Å². The number of furan rings is 1. The third kappa shape index (κ3) is 4.66. The molecule has 0 fully saturated rings. The topological polar surface area (TPSA) is 38.9 Å². The lowest BCUT2D eigenvalue weighted by molar-refractivity contribution is 0.577. The Kier molecular flexibility index (Phi) is 6.84. The number of hydrogen-bond donors (Lipinski definition) is 0. The fraction of sp³-hybridized carbons (Fsp3) is 0.0909. The van der Waals surface area contributed by atoms with Crippen LogP contribution in [0.5, 0.6) is 0 Å². The first-order valence-corrected chi connectivity index (χ1v) is 16.0. The van der Waals surface area contributed by atoms with E-state index in [9.17, 15) is 0 Å². The number of allylic oxidation sites excluding steroid dienone is 2. The van der Waals surface area contributed by atoms with E-state index in [4.69, 9.17) is 14.4 Å². The minimum Gasteiger partial charge on any atom is -0.458 e. The van der Waals surface area contributed by atoms with E-state index in [1.54, 1.807) is 0 Å². The number of hydrogen-bond acceptors (Lipinski definition) is 3. The fourth-order valence-corrected chi connectivity index (χ4v) is 7.14. The van der Waals surface area contributed by atoms with Gasteiger partial charge in [0.1, 0.15) is 11.5 Å². The van der Waals surface area contributed by atoms with Crippen LogP contribution < -0.4 is 0 Å². The van der Waals surface area contributed by atoms with E-state index in [0.717, 1.165) is 78.4 Å². The Morgan fingerprint density at radius 1 is 0.638 bits per heavy atom. The molecule has 0 bridgehead atoms. The highest BCUT2D eigenvalue weighted by Gasteiger charge is 2.36. The lowest BCUT2D eigenvalue weighted by Gasteiger charge is -2.28. The predicted octanol–water partition coefficient (Wildman–Crippen LogP) is 11.7. The smallest absolute Gasteiger partial charge is 0.163 e. The largest absolute Gasteiger partial charge is 0.458 e. The van der Waals surface area contributed by atoms with Gasteiger partial charge in [0.15, 0.2) is 5.58 Å². The maximum atomic E-state index is 6.75. The molecule has 0 amide bonds. The molecule has 0 aliphatic heterocycles. The Morgan fingerprint density at radius 2 is 1.23 bits per heavy atom. The van der Waals surface area contributed by atoms with Crippen LogP contribution in [0.25, 0.3) is 73.2 Å². The van der Waals surface area contributed by atoms with Gasteiger partial charge in [0, 0.05) is 33.1 Å². The van der Waals surface area contributed by atoms with Gasteiger partial charge in [-0.2, -0.15) is 0 Å². The number of rotatable bonds is 5. The highest BCUT2D eigenvalue weighted by molar-refractivity contribution is 6.11. The van der Waals surface area contributed by atoms with E-state index < -0.39 is 0 Å². The van der Waals surface area contributed by atoms with Crippen LogP contribution >= 0.6 is 0 Å². The summed E-state index contributed by atoms with van der Waals surface area (Å²) in [6, 6.07) is 42.5. The van der Waals surface area contributed by atoms with Crippen molar-refractivity contribution < 1.29 is 4.42 Å². The molecule has 47 heavy (non-hydrogen) atoms. The lowest BCUT2D eigenvalue weighted by atomic mass is 9.75. The molecular formula is C44H34N2O. The number of nitrogens with zero attached hydrogens (tertiary/aromatic N) is 2. The van der Waals surface area contributed by atoms with E-state index in [1.807, 2.05) is 31.2 Å². The first kappa shape index (κ1) is 28.7. The lowest BCUT2D eigenvalue weighted by Crippen LogP contribution is -2.19. The van der Waals surface area contributed by atoms with Crippen molar-refractivity contribution in [2.45, 2.75) is 26.2 Å². The highest BCUT2D eigenvalue weighted by Crippen LogP contribution is 2.52. The molecule has 0 saturated carbocycles. The Hall–Kier alpha value is -5.80. The molecule has 0 N–H and O–H groups in total. The van der Waals surface area contributed by atoms with E-state index in [2.05, 4.69) is 136 Å². The van der Waals surface area contributed by atoms with Crippen molar-refractivity contribution in [1.29, 1.82) is 0 Å². The SMILES string of the molecule is C=C/C=C\c1c(C)oc2c(-c3cc(-c4ccccc4)cc(-c4ccccc4)n3)nc3c(c12)-c1ccccc1C(C)(C)c1ccccc1-3. The summed E-state index contributed by atoms with van der Waals surface area (Å²) in [5.74, 6) is 0.825. The first-order chi connectivity index (χ1) is 23.0. The van der Waals surface area contributed by atoms with E-state index in [-0.39, 0.29) is 5.41 Å². The molecule has 7 aromatic rings. The fourth-order valence-electron chi connectivity index (χ4n) is 7.14. The number of pyridine rings is 2. The van der Waals surface area contributed by atoms with E-state index >= 15 is 0 Å². The Bertz CT molecular complexity index is 2290. The maximum Gasteiger partial charge on any atom is 0.163 e. The number of benzene rings is 4. The van der Waals surface area contributed by atoms with Crippen molar-refractivity contribution in [2.24, 2.45) is 0 Å². The third-order valence-electron chi connectivity index (χ3n) is 9.43. The standard InChI is InChI=1S/C44H34N2O/c1-5-6-21-32-28(2)47-43-40(32)39-33-22-13-15-24-35(33)44(3,4)36-25-16-14-23-34(36)41(39)46-42(43)38-27-31(29-17-9-7-10-18-29)26-37(45-38)30-19-11-8-12-20-30/h5-27H,1H2,2-4H3/b21-6-. The summed E-state index contributed by atoms with van der Waals surface area (Å²) >= 11 is 0. The zero-order chi connectivity index (χ0) is 32.1. The molecule has 226 valence electrons. The van der Waals surface area contributed by atoms with Crippen molar-refractivity contribution in [1.82, 2.24) is 9.97 Å². The average molecular weight is 607 g/mol. The molecule has 0 atom stereocenters. The monoisotopic (exact) mass is 606 g/mol. The van der Waals surface area contributed by atoms with Crippen LogP contribution in [0.4, 0.5) is 0 Å². The molecular weight excluding hydrogens is 572 g/mol. The zero-order valence-corrected chi connectivity index (χ0v) is 26.8. The normalized spacial score (nSPS) is 13.2. The molecule has 1 aliphatic rings. The summed E-state index contributed by atoms with van der Waals surface area (Å²) in [4.78, 5) is 10.9. The van der Waals surface area contributed by atoms with Crippen LogP contribution in [-0.4, -0.2) is 9.97 Å². The Balaban J connectivity index is 1.54. The summed E-state index contributed by atoms with van der Waals surface area (Å²) in [6.45, 7) is 10.6. The van der Waals surface area contributed by atoms with Crippen LogP contribution in [-0.2, 0) is 5.41 Å². The summed E-state index contributed by atoms with van der Waals surface area (Å²) in [7, 11) is 0. The van der Waals surface area contributed by atoms with Gasteiger partial charge in [-0.05, 0) is 46.9 Å². The molecule has 0 radical (unpaired) electrons. The molecule has 0 saturated heterocycles. The molecule has 3 heterocycles. The van der Waals surface area contributed by atoms with Crippen molar-refractivity contribution >= 4 is 17.0 Å². The Morgan fingerprint density at radius 3 is 1.94 bits per heavy atom. The van der Waals surface area contributed by atoms with Crippen molar-refractivity contribution in [3.05, 3.63) is 163 Å². The van der Waals surface area contributed by atoms with Gasteiger partial charge in [-0.25, -0.2) is 9.97 Å². The van der Waals surface area contributed by atoms with Gasteiger partial charge in [0.05, 0.1) is 17.1 Å². The van der Waals surface area contributed by atoms with Crippen LogP contribution in [0.1, 0.15) is 36.3 Å². The summed E-state index contributed by atoms with van der Waals surface area (Å²) in [5, 5.41) is 1.04. The molecule has 1 aliphatic carbocycles. The van der Waals surface area contributed by atoms with Gasteiger partial charge in [-0.1, -0.05) is 148 Å². The van der Waals surface area contributed by atoms with Crippen LogP contribution in [0, 0.1) is 6.92 Å². The van der Waals surface area contributed by atoms with Gasteiger partial charge in [-0.3, -0.25) is 0 Å². The van der Waals surface area contributed by atoms with E-state index in [1.165, 1.54) is 11.1 Å². The molecule has 3 aromatic heterocycles. The minimum absolute atomic E-state index is 0.262. The summed E-state index contributed by atoms with van der Waals surface area (Å²) < 4.78 is 6.75.